The fourth-order valence-corrected chi connectivity index (χ4v) is 1.33. The number of nitrogens with one attached hydrogen (secondary N) is 1. The maximum Gasteiger partial charge on any atom is 0.205 e. The minimum absolute atomic E-state index is 0.0329. The van der Waals surface area contributed by atoms with Crippen LogP contribution in [-0.2, 0) is 6.61 Å². The summed E-state index contributed by atoms with van der Waals surface area (Å²) in [4.78, 5) is 0. The molecule has 1 rings (SSSR count). The highest BCUT2D eigenvalue weighted by Gasteiger charge is 2.11. The number of aromatic nitrogens is 2. The lowest BCUT2D eigenvalue weighted by Gasteiger charge is -2.17. The zero-order valence-electron chi connectivity index (χ0n) is 8.16. The zero-order chi connectivity index (χ0) is 9.90. The molecular weight excluding hydrogens is 186 g/mol. The van der Waals surface area contributed by atoms with Crippen molar-refractivity contribution in [3.63, 3.8) is 0 Å². The van der Waals surface area contributed by atoms with Gasteiger partial charge in [0.1, 0.15) is 5.01 Å². The smallest absolute Gasteiger partial charge is 0.205 e. The molecule has 0 bridgehead atoms. The summed E-state index contributed by atoms with van der Waals surface area (Å²) >= 11 is 1.39. The average molecular weight is 201 g/mol. The zero-order valence-corrected chi connectivity index (χ0v) is 8.98. The predicted molar refractivity (Wildman–Crippen MR) is 53.8 cm³/mol. The van der Waals surface area contributed by atoms with Gasteiger partial charge in [0, 0.05) is 6.54 Å². The standard InChI is InChI=1S/C8H15N3OS/c1-8(2,3)5-9-7-11-10-6(4-12)13-7/h12H,4-5H2,1-3H3,(H,9,11). The van der Waals surface area contributed by atoms with Gasteiger partial charge in [-0.05, 0) is 5.41 Å². The van der Waals surface area contributed by atoms with Crippen molar-refractivity contribution in [2.45, 2.75) is 27.4 Å². The number of hydrogen-bond donors (Lipinski definition) is 2. The number of nitrogens with zero attached hydrogens (tertiary/aromatic N) is 2. The van der Waals surface area contributed by atoms with Crippen LogP contribution >= 0.6 is 11.3 Å². The molecular formula is C8H15N3OS. The maximum atomic E-state index is 8.76. The van der Waals surface area contributed by atoms with Crippen LogP contribution in [0.25, 0.3) is 0 Å². The van der Waals surface area contributed by atoms with Gasteiger partial charge in [-0.1, -0.05) is 32.1 Å². The minimum Gasteiger partial charge on any atom is -0.389 e. The molecule has 0 amide bonds. The van der Waals surface area contributed by atoms with E-state index in [0.29, 0.717) is 5.01 Å². The third kappa shape index (κ3) is 3.69. The molecule has 1 aromatic rings. The van der Waals surface area contributed by atoms with Gasteiger partial charge in [-0.2, -0.15) is 0 Å². The van der Waals surface area contributed by atoms with E-state index in [1.807, 2.05) is 0 Å². The second kappa shape index (κ2) is 4.02. The highest BCUT2D eigenvalue weighted by molar-refractivity contribution is 7.15. The third-order valence-electron chi connectivity index (χ3n) is 1.37. The van der Waals surface area contributed by atoms with Gasteiger partial charge >= 0.3 is 0 Å². The molecule has 0 saturated heterocycles. The molecule has 74 valence electrons. The Hall–Kier alpha value is -0.680. The second-order valence-electron chi connectivity index (χ2n) is 4.07. The Kier molecular flexibility index (Phi) is 3.22. The van der Waals surface area contributed by atoms with E-state index in [0.717, 1.165) is 11.7 Å². The molecule has 0 unspecified atom stereocenters. The van der Waals surface area contributed by atoms with E-state index in [-0.39, 0.29) is 12.0 Å². The van der Waals surface area contributed by atoms with Crippen LogP contribution in [0.4, 0.5) is 5.13 Å². The van der Waals surface area contributed by atoms with E-state index in [1.54, 1.807) is 0 Å². The number of hydrogen-bond acceptors (Lipinski definition) is 5. The summed E-state index contributed by atoms with van der Waals surface area (Å²) in [6.07, 6.45) is 0. The Labute approximate surface area is 82.0 Å². The summed E-state index contributed by atoms with van der Waals surface area (Å²) in [5, 5.41) is 21.0. The first-order valence-corrected chi connectivity index (χ1v) is 5.00. The van der Waals surface area contributed by atoms with Crippen molar-refractivity contribution in [2.75, 3.05) is 11.9 Å². The average Bonchev–Trinajstić information content (AvgIpc) is 2.47. The molecule has 1 aromatic heterocycles. The van der Waals surface area contributed by atoms with E-state index in [9.17, 15) is 0 Å². The largest absolute Gasteiger partial charge is 0.389 e. The van der Waals surface area contributed by atoms with Crippen LogP contribution < -0.4 is 5.32 Å². The summed E-state index contributed by atoms with van der Waals surface area (Å²) in [6.45, 7) is 7.26. The van der Waals surface area contributed by atoms with Crippen molar-refractivity contribution in [3.8, 4) is 0 Å². The highest BCUT2D eigenvalue weighted by Crippen LogP contribution is 2.18. The fourth-order valence-electron chi connectivity index (χ4n) is 0.730. The SMILES string of the molecule is CC(C)(C)CNc1nnc(CO)s1. The van der Waals surface area contributed by atoms with Crippen LogP contribution in [0.1, 0.15) is 25.8 Å². The number of aliphatic hydroxyl groups is 1. The molecule has 13 heavy (non-hydrogen) atoms. The summed E-state index contributed by atoms with van der Waals surface area (Å²) in [6, 6.07) is 0. The predicted octanol–water partition coefficient (Wildman–Crippen LogP) is 1.49. The molecule has 0 aromatic carbocycles. The normalized spacial score (nSPS) is 11.7. The van der Waals surface area contributed by atoms with Crippen LogP contribution in [0.3, 0.4) is 0 Å². The lowest BCUT2D eigenvalue weighted by Crippen LogP contribution is -2.18. The summed E-state index contributed by atoms with van der Waals surface area (Å²) in [5.41, 5.74) is 0.227. The first-order chi connectivity index (χ1) is 6.01. The molecule has 0 radical (unpaired) electrons. The van der Waals surface area contributed by atoms with E-state index in [2.05, 4.69) is 36.3 Å². The van der Waals surface area contributed by atoms with Crippen molar-refractivity contribution in [1.82, 2.24) is 10.2 Å². The summed E-state index contributed by atoms with van der Waals surface area (Å²) < 4.78 is 0. The van der Waals surface area contributed by atoms with E-state index >= 15 is 0 Å². The molecule has 0 saturated carbocycles. The molecule has 0 aliphatic heterocycles. The molecule has 0 spiro atoms. The van der Waals surface area contributed by atoms with Gasteiger partial charge in [-0.15, -0.1) is 10.2 Å². The van der Waals surface area contributed by atoms with Gasteiger partial charge in [-0.25, -0.2) is 0 Å². The van der Waals surface area contributed by atoms with Crippen LogP contribution in [0.5, 0.6) is 0 Å². The van der Waals surface area contributed by atoms with Crippen LogP contribution in [0, 0.1) is 5.41 Å². The van der Waals surface area contributed by atoms with Gasteiger partial charge in [-0.3, -0.25) is 0 Å². The van der Waals surface area contributed by atoms with Crippen molar-refractivity contribution in [1.29, 1.82) is 0 Å². The Balaban J connectivity index is 2.46. The molecule has 0 aliphatic rings. The van der Waals surface area contributed by atoms with Crippen LogP contribution in [0.15, 0.2) is 0 Å². The van der Waals surface area contributed by atoms with Gasteiger partial charge in [0.05, 0.1) is 6.61 Å². The van der Waals surface area contributed by atoms with Crippen LogP contribution in [0.2, 0.25) is 0 Å². The van der Waals surface area contributed by atoms with Crippen LogP contribution in [-0.4, -0.2) is 21.8 Å². The van der Waals surface area contributed by atoms with Gasteiger partial charge in [0.2, 0.25) is 5.13 Å². The summed E-state index contributed by atoms with van der Waals surface area (Å²) in [5.74, 6) is 0. The van der Waals surface area contributed by atoms with Crippen molar-refractivity contribution in [2.24, 2.45) is 5.41 Å². The Bertz CT molecular complexity index is 267. The first-order valence-electron chi connectivity index (χ1n) is 4.18. The first kappa shape index (κ1) is 10.4. The summed E-state index contributed by atoms with van der Waals surface area (Å²) in [7, 11) is 0. The topological polar surface area (TPSA) is 58.0 Å². The molecule has 2 N–H and O–H groups in total. The van der Waals surface area contributed by atoms with Gasteiger partial charge in [0.25, 0.3) is 0 Å². The highest BCUT2D eigenvalue weighted by atomic mass is 32.1. The molecule has 1 heterocycles. The Morgan fingerprint density at radius 3 is 2.54 bits per heavy atom. The monoisotopic (exact) mass is 201 g/mol. The number of rotatable bonds is 3. The molecule has 0 aliphatic carbocycles. The van der Waals surface area contributed by atoms with E-state index in [4.69, 9.17) is 5.11 Å². The third-order valence-corrected chi connectivity index (χ3v) is 2.24. The van der Waals surface area contributed by atoms with Crippen molar-refractivity contribution < 1.29 is 5.11 Å². The fraction of sp³-hybridized carbons (Fsp3) is 0.750. The molecule has 0 atom stereocenters. The van der Waals surface area contributed by atoms with Crippen molar-refractivity contribution >= 4 is 16.5 Å². The quantitative estimate of drug-likeness (QED) is 0.778. The van der Waals surface area contributed by atoms with Crippen molar-refractivity contribution in [3.05, 3.63) is 5.01 Å². The molecule has 4 nitrogen and oxygen atoms in total. The molecule has 5 heteroatoms. The van der Waals surface area contributed by atoms with Gasteiger partial charge in [0.15, 0.2) is 0 Å². The van der Waals surface area contributed by atoms with E-state index < -0.39 is 0 Å². The Morgan fingerprint density at radius 2 is 2.08 bits per heavy atom. The Morgan fingerprint density at radius 1 is 1.38 bits per heavy atom. The number of aliphatic hydroxyl groups excluding tert-OH is 1. The lowest BCUT2D eigenvalue weighted by atomic mass is 9.97. The van der Waals surface area contributed by atoms with Gasteiger partial charge < -0.3 is 10.4 Å². The lowest BCUT2D eigenvalue weighted by molar-refractivity contribution is 0.280. The second-order valence-corrected chi connectivity index (χ2v) is 5.14. The van der Waals surface area contributed by atoms with E-state index in [1.165, 1.54) is 11.3 Å². The molecule has 0 fully saturated rings. The minimum atomic E-state index is -0.0329. The number of anilines is 1. The maximum absolute atomic E-state index is 8.76.